The van der Waals surface area contributed by atoms with Crippen LogP contribution < -0.4 is 5.32 Å². The molecular formula is C13H11ClN2O3. The second-order valence-electron chi connectivity index (χ2n) is 3.85. The lowest BCUT2D eigenvalue weighted by Gasteiger charge is -2.09. The van der Waals surface area contributed by atoms with Crippen molar-refractivity contribution in [1.29, 1.82) is 0 Å². The molecule has 0 aliphatic heterocycles. The average molecular weight is 279 g/mol. The standard InChI is InChI=1S/C13H11ClN2O3/c14-9-4-1-2-5-10(9)15-12(17)8-16-7-3-6-11(16)13(18)19/h1-7H,8H2,(H,15,17)(H,18,19). The number of aromatic nitrogens is 1. The third-order valence-electron chi connectivity index (χ3n) is 2.51. The molecule has 6 heteroatoms. The molecule has 1 aromatic heterocycles. The van der Waals surface area contributed by atoms with Crippen molar-refractivity contribution in [2.24, 2.45) is 0 Å². The van der Waals surface area contributed by atoms with Crippen LogP contribution in [-0.4, -0.2) is 21.6 Å². The molecule has 1 aromatic carbocycles. The van der Waals surface area contributed by atoms with Crippen LogP contribution in [0, 0.1) is 0 Å². The van der Waals surface area contributed by atoms with Crippen LogP contribution >= 0.6 is 11.6 Å². The Morgan fingerprint density at radius 1 is 1.21 bits per heavy atom. The van der Waals surface area contributed by atoms with E-state index >= 15 is 0 Å². The van der Waals surface area contributed by atoms with Gasteiger partial charge in [0.15, 0.2) is 0 Å². The second kappa shape index (κ2) is 5.58. The molecule has 0 radical (unpaired) electrons. The maximum Gasteiger partial charge on any atom is 0.352 e. The summed E-state index contributed by atoms with van der Waals surface area (Å²) in [4.78, 5) is 22.7. The van der Waals surface area contributed by atoms with Crippen LogP contribution in [0.25, 0.3) is 0 Å². The number of nitrogens with zero attached hydrogens (tertiary/aromatic N) is 1. The van der Waals surface area contributed by atoms with Crippen LogP contribution in [0.4, 0.5) is 5.69 Å². The van der Waals surface area contributed by atoms with Crippen LogP contribution in [0.2, 0.25) is 5.02 Å². The quantitative estimate of drug-likeness (QED) is 0.902. The number of carboxylic acids is 1. The highest BCUT2D eigenvalue weighted by molar-refractivity contribution is 6.33. The van der Waals surface area contributed by atoms with Gasteiger partial charge in [0.1, 0.15) is 12.2 Å². The van der Waals surface area contributed by atoms with Gasteiger partial charge in [0.05, 0.1) is 10.7 Å². The molecule has 1 heterocycles. The summed E-state index contributed by atoms with van der Waals surface area (Å²) in [7, 11) is 0. The number of amides is 1. The van der Waals surface area contributed by atoms with Crippen molar-refractivity contribution in [3.63, 3.8) is 0 Å². The van der Waals surface area contributed by atoms with Crippen LogP contribution in [-0.2, 0) is 11.3 Å². The van der Waals surface area contributed by atoms with E-state index in [-0.39, 0.29) is 18.1 Å². The maximum atomic E-state index is 11.8. The molecule has 0 bridgehead atoms. The van der Waals surface area contributed by atoms with E-state index in [1.54, 1.807) is 30.3 Å². The molecule has 0 atom stereocenters. The smallest absolute Gasteiger partial charge is 0.352 e. The third kappa shape index (κ3) is 3.14. The first-order valence-electron chi connectivity index (χ1n) is 5.51. The molecular weight excluding hydrogens is 268 g/mol. The van der Waals surface area contributed by atoms with Crippen molar-refractivity contribution in [2.45, 2.75) is 6.54 Å². The van der Waals surface area contributed by atoms with Crippen molar-refractivity contribution in [3.8, 4) is 0 Å². The van der Waals surface area contributed by atoms with Gasteiger partial charge in [-0.1, -0.05) is 23.7 Å². The van der Waals surface area contributed by atoms with Crippen LogP contribution in [0.1, 0.15) is 10.5 Å². The Hall–Kier alpha value is -2.27. The van der Waals surface area contributed by atoms with Gasteiger partial charge in [-0.15, -0.1) is 0 Å². The fourth-order valence-electron chi connectivity index (χ4n) is 1.65. The molecule has 0 saturated carbocycles. The number of anilines is 1. The minimum absolute atomic E-state index is 0.0642. The topological polar surface area (TPSA) is 71.3 Å². The zero-order chi connectivity index (χ0) is 13.8. The molecule has 5 nitrogen and oxygen atoms in total. The fraction of sp³-hybridized carbons (Fsp3) is 0.0769. The van der Waals surface area contributed by atoms with Gasteiger partial charge in [0, 0.05) is 6.20 Å². The molecule has 2 aromatic rings. The fourth-order valence-corrected chi connectivity index (χ4v) is 1.84. The van der Waals surface area contributed by atoms with Gasteiger partial charge in [0.25, 0.3) is 0 Å². The molecule has 0 aliphatic rings. The Balaban J connectivity index is 2.08. The van der Waals surface area contributed by atoms with E-state index in [4.69, 9.17) is 16.7 Å². The molecule has 19 heavy (non-hydrogen) atoms. The molecule has 0 unspecified atom stereocenters. The van der Waals surface area contributed by atoms with Crippen molar-refractivity contribution >= 4 is 29.2 Å². The molecule has 0 fully saturated rings. The van der Waals surface area contributed by atoms with Gasteiger partial charge in [-0.3, -0.25) is 4.79 Å². The molecule has 2 rings (SSSR count). The van der Waals surface area contributed by atoms with Crippen LogP contribution in [0.5, 0.6) is 0 Å². The first kappa shape index (κ1) is 13.2. The number of carboxylic acid groups (broad SMARTS) is 1. The monoisotopic (exact) mass is 278 g/mol. The Bertz CT molecular complexity index is 622. The van der Waals surface area contributed by atoms with E-state index in [0.717, 1.165) is 0 Å². The lowest BCUT2D eigenvalue weighted by atomic mass is 10.3. The SMILES string of the molecule is O=C(Cn1cccc1C(=O)O)Nc1ccccc1Cl. The number of rotatable bonds is 4. The summed E-state index contributed by atoms with van der Waals surface area (Å²) in [5.74, 6) is -1.41. The van der Waals surface area contributed by atoms with E-state index in [1.807, 2.05) is 0 Å². The van der Waals surface area contributed by atoms with Crippen LogP contribution in [0.3, 0.4) is 0 Å². The number of hydrogen-bond donors (Lipinski definition) is 2. The third-order valence-corrected chi connectivity index (χ3v) is 2.84. The highest BCUT2D eigenvalue weighted by atomic mass is 35.5. The summed E-state index contributed by atoms with van der Waals surface area (Å²) < 4.78 is 1.36. The highest BCUT2D eigenvalue weighted by Gasteiger charge is 2.12. The van der Waals surface area contributed by atoms with Gasteiger partial charge >= 0.3 is 5.97 Å². The lowest BCUT2D eigenvalue weighted by molar-refractivity contribution is -0.116. The van der Waals surface area contributed by atoms with E-state index < -0.39 is 5.97 Å². The predicted molar refractivity (Wildman–Crippen MR) is 71.5 cm³/mol. The van der Waals surface area contributed by atoms with Crippen LogP contribution in [0.15, 0.2) is 42.6 Å². The zero-order valence-corrected chi connectivity index (χ0v) is 10.6. The number of aromatic carboxylic acids is 1. The van der Waals surface area contributed by atoms with Gasteiger partial charge in [0.2, 0.25) is 5.91 Å². The molecule has 0 spiro atoms. The normalized spacial score (nSPS) is 10.2. The van der Waals surface area contributed by atoms with Crippen molar-refractivity contribution in [1.82, 2.24) is 4.57 Å². The summed E-state index contributed by atoms with van der Waals surface area (Å²) in [6.45, 7) is -0.0835. The summed E-state index contributed by atoms with van der Waals surface area (Å²) >= 11 is 5.92. The van der Waals surface area contributed by atoms with Crippen molar-refractivity contribution in [2.75, 3.05) is 5.32 Å². The first-order valence-corrected chi connectivity index (χ1v) is 5.88. The van der Waals surface area contributed by atoms with Crippen molar-refractivity contribution in [3.05, 3.63) is 53.3 Å². The van der Waals surface area contributed by atoms with Gasteiger partial charge in [-0.25, -0.2) is 4.79 Å². The Kier molecular flexibility index (Phi) is 3.87. The molecule has 2 N–H and O–H groups in total. The lowest BCUT2D eigenvalue weighted by Crippen LogP contribution is -2.20. The number of benzene rings is 1. The average Bonchev–Trinajstić information content (AvgIpc) is 2.80. The molecule has 1 amide bonds. The number of halogens is 1. The van der Waals surface area contributed by atoms with Gasteiger partial charge < -0.3 is 15.0 Å². The molecule has 0 aliphatic carbocycles. The number of carbonyl (C=O) groups is 2. The number of carbonyl (C=O) groups excluding carboxylic acids is 1. The minimum Gasteiger partial charge on any atom is -0.477 e. The highest BCUT2D eigenvalue weighted by Crippen LogP contribution is 2.20. The molecule has 98 valence electrons. The Morgan fingerprint density at radius 3 is 2.63 bits per heavy atom. The summed E-state index contributed by atoms with van der Waals surface area (Å²) in [5.41, 5.74) is 0.563. The van der Waals surface area contributed by atoms with Gasteiger partial charge in [-0.05, 0) is 24.3 Å². The van der Waals surface area contributed by atoms with E-state index in [2.05, 4.69) is 5.32 Å². The van der Waals surface area contributed by atoms with E-state index in [0.29, 0.717) is 10.7 Å². The first-order chi connectivity index (χ1) is 9.08. The Labute approximate surface area is 114 Å². The largest absolute Gasteiger partial charge is 0.477 e. The molecule has 0 saturated heterocycles. The summed E-state index contributed by atoms with van der Waals surface area (Å²) in [6, 6.07) is 9.85. The summed E-state index contributed by atoms with van der Waals surface area (Å²) in [5, 5.41) is 12.0. The number of nitrogens with one attached hydrogen (secondary N) is 1. The van der Waals surface area contributed by atoms with E-state index in [1.165, 1.54) is 16.8 Å². The van der Waals surface area contributed by atoms with E-state index in [9.17, 15) is 9.59 Å². The van der Waals surface area contributed by atoms with Crippen molar-refractivity contribution < 1.29 is 14.7 Å². The predicted octanol–water partition coefficient (Wildman–Crippen LogP) is 2.48. The zero-order valence-electron chi connectivity index (χ0n) is 9.84. The van der Waals surface area contributed by atoms with Gasteiger partial charge in [-0.2, -0.15) is 0 Å². The minimum atomic E-state index is -1.07. The maximum absolute atomic E-state index is 11.8. The number of para-hydroxylation sites is 1. The second-order valence-corrected chi connectivity index (χ2v) is 4.26. The summed E-state index contributed by atoms with van der Waals surface area (Å²) in [6.07, 6.45) is 1.54. The number of hydrogen-bond acceptors (Lipinski definition) is 2. The Morgan fingerprint density at radius 2 is 1.95 bits per heavy atom.